The second kappa shape index (κ2) is 9.21. The number of para-hydroxylation sites is 1. The topological polar surface area (TPSA) is 108 Å². The summed E-state index contributed by atoms with van der Waals surface area (Å²) in [4.78, 5) is 49.9. The van der Waals surface area contributed by atoms with E-state index in [0.29, 0.717) is 11.4 Å². The molecule has 1 aliphatic rings. The summed E-state index contributed by atoms with van der Waals surface area (Å²) in [5.41, 5.74) is 1.92. The molecule has 0 aliphatic carbocycles. The highest BCUT2D eigenvalue weighted by atomic mass is 16.2. The molecule has 0 unspecified atom stereocenters. The predicted molar refractivity (Wildman–Crippen MR) is 114 cm³/mol. The van der Waals surface area contributed by atoms with E-state index in [2.05, 4.69) is 16.0 Å². The van der Waals surface area contributed by atoms with Crippen molar-refractivity contribution in [2.75, 3.05) is 22.1 Å². The van der Waals surface area contributed by atoms with Crippen molar-refractivity contribution in [3.05, 3.63) is 54.6 Å². The van der Waals surface area contributed by atoms with E-state index in [-0.39, 0.29) is 36.6 Å². The van der Waals surface area contributed by atoms with Gasteiger partial charge in [0, 0.05) is 37.0 Å². The van der Waals surface area contributed by atoms with E-state index < -0.39 is 12.0 Å². The molecule has 1 aliphatic heterocycles. The van der Waals surface area contributed by atoms with Crippen LogP contribution < -0.4 is 20.9 Å². The van der Waals surface area contributed by atoms with E-state index in [0.717, 1.165) is 5.69 Å². The zero-order valence-corrected chi connectivity index (χ0v) is 16.8. The van der Waals surface area contributed by atoms with Gasteiger partial charge in [0.25, 0.3) is 0 Å². The number of hydrogen-bond acceptors (Lipinski definition) is 4. The van der Waals surface area contributed by atoms with Gasteiger partial charge in [-0.15, -0.1) is 0 Å². The van der Waals surface area contributed by atoms with Crippen LogP contribution in [0, 0.1) is 5.92 Å². The third kappa shape index (κ3) is 5.22. The standard InChI is InChI=1S/C22H24N4O4/c1-14(21(29)25-18-10-8-17(9-11-18)24-15(2)27)23-22(30)16-12-20(28)26(13-16)19-6-4-3-5-7-19/h3-11,14,16H,12-13H2,1-2H3,(H,23,30)(H,24,27)(H,25,29)/t14-,16+/m0/s1. The Hall–Kier alpha value is -3.68. The number of carbonyl (C=O) groups is 4. The fourth-order valence-electron chi connectivity index (χ4n) is 3.23. The van der Waals surface area contributed by atoms with Crippen LogP contribution in [0.1, 0.15) is 20.3 Å². The minimum absolute atomic E-state index is 0.111. The Balaban J connectivity index is 1.53. The van der Waals surface area contributed by atoms with E-state index in [1.807, 2.05) is 30.3 Å². The molecule has 2 aromatic carbocycles. The summed E-state index contributed by atoms with van der Waals surface area (Å²) in [6, 6.07) is 15.1. The van der Waals surface area contributed by atoms with Gasteiger partial charge in [0.2, 0.25) is 23.6 Å². The Morgan fingerprint density at radius 3 is 2.17 bits per heavy atom. The molecule has 3 rings (SSSR count). The summed E-state index contributed by atoms with van der Waals surface area (Å²) in [5.74, 6) is -1.51. The van der Waals surface area contributed by atoms with Crippen molar-refractivity contribution in [1.29, 1.82) is 0 Å². The van der Waals surface area contributed by atoms with E-state index >= 15 is 0 Å². The van der Waals surface area contributed by atoms with Crippen molar-refractivity contribution in [3.63, 3.8) is 0 Å². The van der Waals surface area contributed by atoms with Crippen LogP contribution in [0.25, 0.3) is 0 Å². The van der Waals surface area contributed by atoms with Gasteiger partial charge in [-0.1, -0.05) is 18.2 Å². The van der Waals surface area contributed by atoms with Gasteiger partial charge in [-0.05, 0) is 43.3 Å². The van der Waals surface area contributed by atoms with Crippen LogP contribution in [0.4, 0.5) is 17.1 Å². The Morgan fingerprint density at radius 1 is 0.967 bits per heavy atom. The number of nitrogens with zero attached hydrogens (tertiary/aromatic N) is 1. The summed E-state index contributed by atoms with van der Waals surface area (Å²) in [6.07, 6.45) is 0.111. The molecule has 2 aromatic rings. The Morgan fingerprint density at radius 2 is 1.57 bits per heavy atom. The van der Waals surface area contributed by atoms with Crippen molar-refractivity contribution in [2.24, 2.45) is 5.92 Å². The van der Waals surface area contributed by atoms with Crippen LogP contribution in [0.15, 0.2) is 54.6 Å². The number of amides is 4. The largest absolute Gasteiger partial charge is 0.344 e. The maximum Gasteiger partial charge on any atom is 0.246 e. The lowest BCUT2D eigenvalue weighted by molar-refractivity contribution is -0.129. The molecule has 1 heterocycles. The maximum atomic E-state index is 12.6. The lowest BCUT2D eigenvalue weighted by Gasteiger charge is -2.18. The van der Waals surface area contributed by atoms with Crippen LogP contribution >= 0.6 is 0 Å². The van der Waals surface area contributed by atoms with Crippen LogP contribution in [0.2, 0.25) is 0 Å². The molecule has 1 saturated heterocycles. The first-order chi connectivity index (χ1) is 14.3. The van der Waals surface area contributed by atoms with E-state index in [9.17, 15) is 19.2 Å². The van der Waals surface area contributed by atoms with Gasteiger partial charge in [0.05, 0.1) is 5.92 Å². The molecule has 30 heavy (non-hydrogen) atoms. The average Bonchev–Trinajstić information content (AvgIpc) is 3.11. The van der Waals surface area contributed by atoms with Crippen LogP contribution in [0.5, 0.6) is 0 Å². The van der Waals surface area contributed by atoms with Gasteiger partial charge in [0.1, 0.15) is 6.04 Å². The summed E-state index contributed by atoms with van der Waals surface area (Å²) >= 11 is 0. The monoisotopic (exact) mass is 408 g/mol. The van der Waals surface area contributed by atoms with Crippen molar-refractivity contribution < 1.29 is 19.2 Å². The Labute approximate surface area is 174 Å². The molecule has 0 saturated carbocycles. The van der Waals surface area contributed by atoms with Gasteiger partial charge >= 0.3 is 0 Å². The summed E-state index contributed by atoms with van der Waals surface area (Å²) < 4.78 is 0. The number of anilines is 3. The first kappa shape index (κ1) is 21.0. The zero-order chi connectivity index (χ0) is 21.7. The number of nitrogens with one attached hydrogen (secondary N) is 3. The molecular formula is C22H24N4O4. The van der Waals surface area contributed by atoms with Gasteiger partial charge < -0.3 is 20.9 Å². The summed E-state index contributed by atoms with van der Waals surface area (Å²) in [6.45, 7) is 3.29. The molecule has 4 amide bonds. The second-order valence-corrected chi connectivity index (χ2v) is 7.22. The van der Waals surface area contributed by atoms with Gasteiger partial charge in [-0.3, -0.25) is 19.2 Å². The summed E-state index contributed by atoms with van der Waals surface area (Å²) in [5, 5.41) is 8.05. The highest BCUT2D eigenvalue weighted by molar-refractivity contribution is 6.02. The zero-order valence-electron chi connectivity index (χ0n) is 16.8. The Kier molecular flexibility index (Phi) is 6.46. The molecule has 156 valence electrons. The number of rotatable bonds is 6. The summed E-state index contributed by atoms with van der Waals surface area (Å²) in [7, 11) is 0. The van der Waals surface area contributed by atoms with Crippen LogP contribution in [-0.2, 0) is 19.2 Å². The minimum atomic E-state index is -0.770. The van der Waals surface area contributed by atoms with E-state index in [1.165, 1.54) is 6.92 Å². The minimum Gasteiger partial charge on any atom is -0.344 e. The number of benzene rings is 2. The van der Waals surface area contributed by atoms with Crippen LogP contribution in [-0.4, -0.2) is 36.2 Å². The molecule has 0 spiro atoms. The van der Waals surface area contributed by atoms with Crippen molar-refractivity contribution in [2.45, 2.75) is 26.3 Å². The molecule has 8 nitrogen and oxygen atoms in total. The Bertz CT molecular complexity index is 943. The number of hydrogen-bond donors (Lipinski definition) is 3. The molecule has 0 aromatic heterocycles. The third-order valence-corrected chi connectivity index (χ3v) is 4.79. The van der Waals surface area contributed by atoms with Gasteiger partial charge in [-0.25, -0.2) is 0 Å². The lowest BCUT2D eigenvalue weighted by atomic mass is 10.1. The molecule has 0 radical (unpaired) electrons. The molecular weight excluding hydrogens is 384 g/mol. The molecule has 2 atom stereocenters. The fourth-order valence-corrected chi connectivity index (χ4v) is 3.23. The maximum absolute atomic E-state index is 12.6. The first-order valence-electron chi connectivity index (χ1n) is 9.68. The van der Waals surface area contributed by atoms with Gasteiger partial charge in [0.15, 0.2) is 0 Å². The predicted octanol–water partition coefficient (Wildman–Crippen LogP) is 2.14. The SMILES string of the molecule is CC(=O)Nc1ccc(NC(=O)[C@H](C)NC(=O)[C@@H]2CC(=O)N(c3ccccc3)C2)cc1. The van der Waals surface area contributed by atoms with Crippen molar-refractivity contribution in [1.82, 2.24) is 5.32 Å². The highest BCUT2D eigenvalue weighted by Gasteiger charge is 2.35. The molecule has 1 fully saturated rings. The first-order valence-corrected chi connectivity index (χ1v) is 9.68. The van der Waals surface area contributed by atoms with Crippen LogP contribution in [0.3, 0.4) is 0 Å². The highest BCUT2D eigenvalue weighted by Crippen LogP contribution is 2.25. The van der Waals surface area contributed by atoms with Crippen molar-refractivity contribution in [3.8, 4) is 0 Å². The van der Waals surface area contributed by atoms with Crippen molar-refractivity contribution >= 4 is 40.7 Å². The smallest absolute Gasteiger partial charge is 0.246 e. The van der Waals surface area contributed by atoms with Gasteiger partial charge in [-0.2, -0.15) is 0 Å². The second-order valence-electron chi connectivity index (χ2n) is 7.22. The molecule has 8 heteroatoms. The number of carbonyl (C=O) groups excluding carboxylic acids is 4. The lowest BCUT2D eigenvalue weighted by Crippen LogP contribution is -2.44. The van der Waals surface area contributed by atoms with E-state index in [1.54, 1.807) is 36.1 Å². The molecule has 3 N–H and O–H groups in total. The average molecular weight is 408 g/mol. The van der Waals surface area contributed by atoms with E-state index in [4.69, 9.17) is 0 Å². The quantitative estimate of drug-likeness (QED) is 0.681. The molecule has 0 bridgehead atoms. The normalized spacial score (nSPS) is 16.7. The third-order valence-electron chi connectivity index (χ3n) is 4.79. The fraction of sp³-hybridized carbons (Fsp3) is 0.273.